The summed E-state index contributed by atoms with van der Waals surface area (Å²) in [6, 6.07) is 9.84. The number of ether oxygens (including phenoxy) is 3. The Balaban J connectivity index is 2.00. The Labute approximate surface area is 210 Å². The van der Waals surface area contributed by atoms with Crippen molar-refractivity contribution in [2.75, 3.05) is 14.2 Å². The second-order valence-corrected chi connectivity index (χ2v) is 8.81. The Bertz CT molecular complexity index is 1210. The van der Waals surface area contributed by atoms with Gasteiger partial charge >= 0.3 is 11.9 Å². The Morgan fingerprint density at radius 2 is 1.12 bits per heavy atom. The summed E-state index contributed by atoms with van der Waals surface area (Å²) in [5.41, 5.74) is 3.03. The van der Waals surface area contributed by atoms with Crippen LogP contribution in [0.3, 0.4) is 0 Å². The number of halogens is 4. The summed E-state index contributed by atoms with van der Waals surface area (Å²) in [5, 5.41) is 0.952. The summed E-state index contributed by atoms with van der Waals surface area (Å²) in [7, 11) is 2.61. The summed E-state index contributed by atoms with van der Waals surface area (Å²) in [6.45, 7) is 0. The van der Waals surface area contributed by atoms with Crippen molar-refractivity contribution >= 4 is 58.3 Å². The van der Waals surface area contributed by atoms with Crippen molar-refractivity contribution in [3.63, 3.8) is 0 Å². The van der Waals surface area contributed by atoms with Crippen molar-refractivity contribution in [1.82, 2.24) is 0 Å². The standard InChI is InChI=1S/C24H16Cl4O5/c1-31-23(29)11-3-5-17-13(7-11)9-15-19(25)16(21(27)22(28)20(15)26)10-14-8-12(24(30)32-2)4-6-18(14)33-17/h3-8H,9-10H2,1-2H3. The zero-order valence-electron chi connectivity index (χ0n) is 17.4. The maximum atomic E-state index is 12.1. The van der Waals surface area contributed by atoms with E-state index in [0.717, 1.165) is 0 Å². The fraction of sp³-hybridized carbons (Fsp3) is 0.167. The third-order valence-electron chi connectivity index (χ3n) is 5.36. The molecule has 0 unspecified atom stereocenters. The lowest BCUT2D eigenvalue weighted by molar-refractivity contribution is 0.0592. The molecule has 0 saturated carbocycles. The summed E-state index contributed by atoms with van der Waals surface area (Å²) in [6.07, 6.45) is 0.467. The minimum absolute atomic E-state index is 0.172. The van der Waals surface area contributed by atoms with Crippen LogP contribution in [0.15, 0.2) is 36.4 Å². The highest BCUT2D eigenvalue weighted by Gasteiger charge is 2.25. The number of hydrogen-bond donors (Lipinski definition) is 0. The number of carbonyl (C=O) groups excluding carboxylic acids is 2. The molecule has 2 bridgehead atoms. The SMILES string of the molecule is COC(=O)c1ccc2c(c1)Cc1c(Cl)c(Cl)c(Cl)c(c1Cl)Cc1cc(C(=O)OC)ccc1O2. The Morgan fingerprint density at radius 1 is 0.697 bits per heavy atom. The van der Waals surface area contributed by atoms with Crippen LogP contribution in [0, 0.1) is 0 Å². The van der Waals surface area contributed by atoms with Crippen LogP contribution in [0.4, 0.5) is 0 Å². The van der Waals surface area contributed by atoms with E-state index in [2.05, 4.69) is 0 Å². The summed E-state index contributed by atoms with van der Waals surface area (Å²) in [4.78, 5) is 24.2. The van der Waals surface area contributed by atoms with Gasteiger partial charge in [-0.1, -0.05) is 46.4 Å². The Kier molecular flexibility index (Phi) is 6.78. The van der Waals surface area contributed by atoms with Crippen molar-refractivity contribution in [2.45, 2.75) is 12.8 Å². The van der Waals surface area contributed by atoms with Gasteiger partial charge in [-0.3, -0.25) is 0 Å². The lowest BCUT2D eigenvalue weighted by atomic mass is 9.95. The fourth-order valence-corrected chi connectivity index (χ4v) is 4.88. The minimum atomic E-state index is -0.495. The first-order valence-corrected chi connectivity index (χ1v) is 11.2. The summed E-state index contributed by atoms with van der Waals surface area (Å²) in [5.74, 6) is -0.0252. The summed E-state index contributed by atoms with van der Waals surface area (Å²) >= 11 is 26.3. The van der Waals surface area contributed by atoms with E-state index < -0.39 is 11.9 Å². The molecule has 0 amide bonds. The molecule has 0 radical (unpaired) electrons. The smallest absolute Gasteiger partial charge is 0.337 e. The zero-order valence-corrected chi connectivity index (χ0v) is 20.5. The van der Waals surface area contributed by atoms with Gasteiger partial charge in [-0.05, 0) is 47.5 Å². The first-order chi connectivity index (χ1) is 15.7. The molecular formula is C24H16Cl4O5. The van der Waals surface area contributed by atoms with Gasteiger partial charge in [0.1, 0.15) is 11.5 Å². The van der Waals surface area contributed by atoms with Crippen LogP contribution in [0.5, 0.6) is 11.5 Å². The predicted octanol–water partition coefficient (Wildman–Crippen LogP) is 7.16. The van der Waals surface area contributed by atoms with E-state index in [0.29, 0.717) is 49.9 Å². The molecule has 5 nitrogen and oxygen atoms in total. The molecule has 0 aliphatic carbocycles. The van der Waals surface area contributed by atoms with E-state index in [1.165, 1.54) is 14.2 Å². The van der Waals surface area contributed by atoms with Gasteiger partial charge in [0.2, 0.25) is 0 Å². The van der Waals surface area contributed by atoms with Crippen LogP contribution in [0.1, 0.15) is 43.0 Å². The average Bonchev–Trinajstić information content (AvgIpc) is 2.83. The van der Waals surface area contributed by atoms with E-state index in [-0.39, 0.29) is 27.9 Å². The third kappa shape index (κ3) is 4.38. The number of methoxy groups -OCH3 is 2. The van der Waals surface area contributed by atoms with Crippen molar-refractivity contribution in [3.8, 4) is 11.5 Å². The summed E-state index contributed by atoms with van der Waals surface area (Å²) < 4.78 is 15.9. The van der Waals surface area contributed by atoms with Gasteiger partial charge < -0.3 is 14.2 Å². The van der Waals surface area contributed by atoms with Crippen molar-refractivity contribution < 1.29 is 23.8 Å². The monoisotopic (exact) mass is 524 g/mol. The topological polar surface area (TPSA) is 61.8 Å². The molecular weight excluding hydrogens is 510 g/mol. The second-order valence-electron chi connectivity index (χ2n) is 7.30. The van der Waals surface area contributed by atoms with Gasteiger partial charge in [0, 0.05) is 24.0 Å². The number of fused-ring (bicyclic) bond motifs is 4. The van der Waals surface area contributed by atoms with Crippen molar-refractivity contribution in [3.05, 3.63) is 89.9 Å². The van der Waals surface area contributed by atoms with E-state index in [1.807, 2.05) is 0 Å². The highest BCUT2D eigenvalue weighted by atomic mass is 35.5. The van der Waals surface area contributed by atoms with E-state index in [4.69, 9.17) is 60.6 Å². The van der Waals surface area contributed by atoms with E-state index in [9.17, 15) is 9.59 Å². The number of hydrogen-bond acceptors (Lipinski definition) is 5. The second kappa shape index (κ2) is 9.43. The minimum Gasteiger partial charge on any atom is -0.465 e. The van der Waals surface area contributed by atoms with Crippen molar-refractivity contribution in [2.24, 2.45) is 0 Å². The predicted molar refractivity (Wildman–Crippen MR) is 128 cm³/mol. The lowest BCUT2D eigenvalue weighted by Gasteiger charge is -2.22. The number of carbonyl (C=O) groups is 2. The molecule has 0 N–H and O–H groups in total. The van der Waals surface area contributed by atoms with Crippen LogP contribution in [0.2, 0.25) is 20.1 Å². The zero-order chi connectivity index (χ0) is 23.9. The lowest BCUT2D eigenvalue weighted by Crippen LogP contribution is -2.08. The van der Waals surface area contributed by atoms with Crippen LogP contribution < -0.4 is 4.74 Å². The van der Waals surface area contributed by atoms with Gasteiger partial charge in [0.25, 0.3) is 0 Å². The first kappa shape index (κ1) is 23.7. The molecule has 0 spiro atoms. The highest BCUT2D eigenvalue weighted by molar-refractivity contribution is 6.50. The van der Waals surface area contributed by atoms with Crippen LogP contribution >= 0.6 is 46.4 Å². The van der Waals surface area contributed by atoms with Gasteiger partial charge in [-0.25, -0.2) is 9.59 Å². The number of rotatable bonds is 2. The molecule has 3 aromatic rings. The van der Waals surface area contributed by atoms with Gasteiger partial charge in [-0.2, -0.15) is 0 Å². The molecule has 3 aromatic carbocycles. The molecule has 0 atom stereocenters. The Morgan fingerprint density at radius 3 is 1.52 bits per heavy atom. The normalized spacial score (nSPS) is 12.2. The molecule has 0 aromatic heterocycles. The Hall–Kier alpha value is -2.44. The van der Waals surface area contributed by atoms with Crippen molar-refractivity contribution in [1.29, 1.82) is 0 Å². The molecule has 33 heavy (non-hydrogen) atoms. The van der Waals surface area contributed by atoms with Gasteiger partial charge in [0.05, 0.1) is 45.4 Å². The molecule has 170 valence electrons. The average molecular weight is 526 g/mol. The van der Waals surface area contributed by atoms with Gasteiger partial charge in [0.15, 0.2) is 0 Å². The van der Waals surface area contributed by atoms with Crippen LogP contribution in [-0.2, 0) is 22.3 Å². The highest BCUT2D eigenvalue weighted by Crippen LogP contribution is 2.45. The largest absolute Gasteiger partial charge is 0.465 e. The molecule has 1 heterocycles. The number of benzene rings is 3. The molecule has 1 aliphatic heterocycles. The van der Waals surface area contributed by atoms with Crippen LogP contribution in [0.25, 0.3) is 0 Å². The van der Waals surface area contributed by atoms with E-state index >= 15 is 0 Å². The maximum absolute atomic E-state index is 12.1. The number of esters is 2. The molecule has 0 saturated heterocycles. The third-order valence-corrected chi connectivity index (χ3v) is 7.22. The van der Waals surface area contributed by atoms with E-state index in [1.54, 1.807) is 36.4 Å². The molecule has 0 fully saturated rings. The quantitative estimate of drug-likeness (QED) is 0.158. The maximum Gasteiger partial charge on any atom is 0.337 e. The van der Waals surface area contributed by atoms with Gasteiger partial charge in [-0.15, -0.1) is 0 Å². The molecule has 4 rings (SSSR count). The molecule has 1 aliphatic rings. The first-order valence-electron chi connectivity index (χ1n) is 9.69. The molecule has 9 heteroatoms. The van der Waals surface area contributed by atoms with Crippen LogP contribution in [-0.4, -0.2) is 26.2 Å². The fourth-order valence-electron chi connectivity index (χ4n) is 3.67.